The summed E-state index contributed by atoms with van der Waals surface area (Å²) in [5.74, 6) is 2.51. The van der Waals surface area contributed by atoms with Gasteiger partial charge < -0.3 is 9.84 Å². The molecule has 19 heavy (non-hydrogen) atoms. The third kappa shape index (κ3) is 5.15. The number of rotatable bonds is 7. The van der Waals surface area contributed by atoms with Crippen molar-refractivity contribution in [3.63, 3.8) is 0 Å². The summed E-state index contributed by atoms with van der Waals surface area (Å²) in [6, 6.07) is 0.393. The predicted molar refractivity (Wildman–Crippen MR) is 79.3 cm³/mol. The van der Waals surface area contributed by atoms with Crippen LogP contribution in [0.1, 0.15) is 57.7 Å². The molecule has 1 aliphatic rings. The zero-order valence-electron chi connectivity index (χ0n) is 12.0. The van der Waals surface area contributed by atoms with Crippen LogP contribution in [0, 0.1) is 0 Å². The minimum Gasteiger partial charge on any atom is -0.339 e. The van der Waals surface area contributed by atoms with Crippen LogP contribution in [0.15, 0.2) is 4.52 Å². The Kier molecular flexibility index (Phi) is 6.17. The molecule has 1 aliphatic carbocycles. The Labute approximate surface area is 120 Å². The number of nitrogens with one attached hydrogen (secondary N) is 1. The fourth-order valence-electron chi connectivity index (χ4n) is 2.54. The van der Waals surface area contributed by atoms with E-state index in [9.17, 15) is 0 Å². The summed E-state index contributed by atoms with van der Waals surface area (Å²) in [5.41, 5.74) is 0. The highest BCUT2D eigenvalue weighted by Gasteiger charge is 2.16. The summed E-state index contributed by atoms with van der Waals surface area (Å²) in [6.45, 7) is 5.22. The van der Waals surface area contributed by atoms with Gasteiger partial charge in [-0.3, -0.25) is 0 Å². The first-order valence-electron chi connectivity index (χ1n) is 7.44. The van der Waals surface area contributed by atoms with E-state index in [1.54, 1.807) is 0 Å². The van der Waals surface area contributed by atoms with Gasteiger partial charge in [-0.15, -0.1) is 0 Å². The van der Waals surface area contributed by atoms with Crippen LogP contribution in [0.4, 0.5) is 0 Å². The second kappa shape index (κ2) is 7.90. The Morgan fingerprint density at radius 1 is 1.37 bits per heavy atom. The first-order valence-corrected chi connectivity index (χ1v) is 8.49. The Morgan fingerprint density at radius 2 is 2.16 bits per heavy atom. The van der Waals surface area contributed by atoms with Gasteiger partial charge in [-0.2, -0.15) is 16.7 Å². The van der Waals surface area contributed by atoms with Gasteiger partial charge in [0.15, 0.2) is 5.82 Å². The molecule has 0 aliphatic heterocycles. The summed E-state index contributed by atoms with van der Waals surface area (Å²) in [4.78, 5) is 4.48. The van der Waals surface area contributed by atoms with E-state index in [1.807, 2.05) is 11.8 Å². The lowest BCUT2D eigenvalue weighted by Crippen LogP contribution is -2.27. The van der Waals surface area contributed by atoms with Crippen molar-refractivity contribution < 1.29 is 4.52 Å². The molecule has 4 nitrogen and oxygen atoms in total. The lowest BCUT2D eigenvalue weighted by Gasteiger charge is -2.19. The second-order valence-electron chi connectivity index (χ2n) is 5.34. The van der Waals surface area contributed by atoms with Crippen LogP contribution >= 0.6 is 11.8 Å². The molecule has 0 spiro atoms. The van der Waals surface area contributed by atoms with E-state index in [2.05, 4.69) is 29.3 Å². The SMILES string of the molecule is CCNC(C)Cc1nc(CSC2CCCCC2)no1. The highest BCUT2D eigenvalue weighted by atomic mass is 32.2. The molecule has 108 valence electrons. The highest BCUT2D eigenvalue weighted by Crippen LogP contribution is 2.29. The molecular weight excluding hydrogens is 258 g/mol. The molecule has 1 aromatic heterocycles. The standard InChI is InChI=1S/C14H25N3OS/c1-3-15-11(2)9-14-16-13(17-18-14)10-19-12-7-5-4-6-8-12/h11-12,15H,3-10H2,1-2H3. The number of nitrogens with zero attached hydrogens (tertiary/aromatic N) is 2. The van der Waals surface area contributed by atoms with Gasteiger partial charge in [-0.25, -0.2) is 0 Å². The Hall–Kier alpha value is -0.550. The number of hydrogen-bond donors (Lipinski definition) is 1. The predicted octanol–water partition coefficient (Wildman–Crippen LogP) is 3.18. The van der Waals surface area contributed by atoms with Crippen molar-refractivity contribution in [1.29, 1.82) is 0 Å². The molecular formula is C14H25N3OS. The van der Waals surface area contributed by atoms with Gasteiger partial charge in [0.1, 0.15) is 0 Å². The maximum atomic E-state index is 5.31. The van der Waals surface area contributed by atoms with Crippen LogP contribution in [-0.4, -0.2) is 28.0 Å². The van der Waals surface area contributed by atoms with E-state index in [1.165, 1.54) is 32.1 Å². The van der Waals surface area contributed by atoms with E-state index >= 15 is 0 Å². The number of thioether (sulfide) groups is 1. The Morgan fingerprint density at radius 3 is 2.89 bits per heavy atom. The quantitative estimate of drug-likeness (QED) is 0.833. The molecule has 1 fully saturated rings. The van der Waals surface area contributed by atoms with Crippen molar-refractivity contribution in [2.75, 3.05) is 6.54 Å². The van der Waals surface area contributed by atoms with Crippen LogP contribution in [0.25, 0.3) is 0 Å². The first-order chi connectivity index (χ1) is 9.28. The molecule has 2 rings (SSSR count). The van der Waals surface area contributed by atoms with Gasteiger partial charge in [-0.1, -0.05) is 31.3 Å². The summed E-state index contributed by atoms with van der Waals surface area (Å²) >= 11 is 1.99. The van der Waals surface area contributed by atoms with Crippen LogP contribution in [0.5, 0.6) is 0 Å². The average molecular weight is 283 g/mol. The summed E-state index contributed by atoms with van der Waals surface area (Å²) in [6.07, 6.45) is 7.70. The van der Waals surface area contributed by atoms with Crippen molar-refractivity contribution in [2.24, 2.45) is 0 Å². The van der Waals surface area contributed by atoms with Gasteiger partial charge >= 0.3 is 0 Å². The van der Waals surface area contributed by atoms with E-state index in [4.69, 9.17) is 4.52 Å². The Bertz CT molecular complexity index is 363. The minimum atomic E-state index is 0.393. The van der Waals surface area contributed by atoms with Crippen molar-refractivity contribution >= 4 is 11.8 Å². The van der Waals surface area contributed by atoms with Crippen LogP contribution in [-0.2, 0) is 12.2 Å². The lowest BCUT2D eigenvalue weighted by molar-refractivity contribution is 0.359. The second-order valence-corrected chi connectivity index (χ2v) is 6.63. The molecule has 0 saturated heterocycles. The zero-order chi connectivity index (χ0) is 13.5. The third-order valence-electron chi connectivity index (χ3n) is 3.54. The third-order valence-corrected chi connectivity index (χ3v) is 4.91. The molecule has 1 heterocycles. The van der Waals surface area contributed by atoms with Crippen molar-refractivity contribution in [3.05, 3.63) is 11.7 Å². The van der Waals surface area contributed by atoms with Crippen LogP contribution < -0.4 is 5.32 Å². The zero-order valence-corrected chi connectivity index (χ0v) is 12.8. The van der Waals surface area contributed by atoms with Crippen LogP contribution in [0.3, 0.4) is 0 Å². The van der Waals surface area contributed by atoms with Crippen molar-refractivity contribution in [2.45, 2.75) is 69.4 Å². The van der Waals surface area contributed by atoms with E-state index < -0.39 is 0 Å². The van der Waals surface area contributed by atoms with Crippen molar-refractivity contribution in [3.8, 4) is 0 Å². The van der Waals surface area contributed by atoms with Gasteiger partial charge in [0.05, 0.1) is 5.75 Å². The van der Waals surface area contributed by atoms with E-state index in [0.29, 0.717) is 6.04 Å². The molecule has 0 amide bonds. The summed E-state index contributed by atoms with van der Waals surface area (Å²) in [5, 5.41) is 8.24. The number of aromatic nitrogens is 2. The fraction of sp³-hybridized carbons (Fsp3) is 0.857. The molecule has 1 saturated carbocycles. The maximum Gasteiger partial charge on any atom is 0.228 e. The molecule has 0 aromatic carbocycles. The maximum absolute atomic E-state index is 5.31. The molecule has 1 unspecified atom stereocenters. The molecule has 1 atom stereocenters. The monoisotopic (exact) mass is 283 g/mol. The molecule has 5 heteroatoms. The van der Waals surface area contributed by atoms with Gasteiger partial charge in [0.25, 0.3) is 0 Å². The summed E-state index contributed by atoms with van der Waals surface area (Å²) in [7, 11) is 0. The van der Waals surface area contributed by atoms with Gasteiger partial charge in [0.2, 0.25) is 5.89 Å². The first kappa shape index (κ1) is 14.9. The van der Waals surface area contributed by atoms with E-state index in [0.717, 1.165) is 35.7 Å². The largest absolute Gasteiger partial charge is 0.339 e. The highest BCUT2D eigenvalue weighted by molar-refractivity contribution is 7.99. The number of likely N-dealkylation sites (N-methyl/N-ethyl adjacent to an activating group) is 1. The average Bonchev–Trinajstić information content (AvgIpc) is 2.85. The Balaban J connectivity index is 1.73. The van der Waals surface area contributed by atoms with Crippen molar-refractivity contribution in [1.82, 2.24) is 15.5 Å². The number of hydrogen-bond acceptors (Lipinski definition) is 5. The molecule has 1 N–H and O–H groups in total. The van der Waals surface area contributed by atoms with Gasteiger partial charge in [-0.05, 0) is 26.3 Å². The smallest absolute Gasteiger partial charge is 0.228 e. The minimum absolute atomic E-state index is 0.393. The molecule has 1 aromatic rings. The topological polar surface area (TPSA) is 51.0 Å². The van der Waals surface area contributed by atoms with E-state index in [-0.39, 0.29) is 0 Å². The fourth-order valence-corrected chi connectivity index (χ4v) is 3.71. The van der Waals surface area contributed by atoms with Gasteiger partial charge in [0, 0.05) is 17.7 Å². The normalized spacial score (nSPS) is 18.6. The molecule has 0 bridgehead atoms. The lowest BCUT2D eigenvalue weighted by atomic mass is 10.0. The summed E-state index contributed by atoms with van der Waals surface area (Å²) < 4.78 is 5.31. The molecule has 0 radical (unpaired) electrons. The van der Waals surface area contributed by atoms with Crippen LogP contribution in [0.2, 0.25) is 0 Å².